The molecular weight excluding hydrogens is 286 g/mol. The van der Waals surface area contributed by atoms with Crippen LogP contribution in [0.1, 0.15) is 17.5 Å². The molecule has 0 aromatic carbocycles. The first-order valence-corrected chi connectivity index (χ1v) is 9.01. The standard InChI is InChI=1S/C12H17NO4S2/c1-2-19(15,16)12-9-18-7-5-13(12)8-10(14)11-4-3-6-17-11/h3-4,6,12H,2,5,7-9H2,1H3. The Hall–Kier alpha value is -0.790. The average Bonchev–Trinajstić information content (AvgIpc) is 2.93. The Morgan fingerprint density at radius 1 is 1.58 bits per heavy atom. The molecule has 0 bridgehead atoms. The first-order valence-electron chi connectivity index (χ1n) is 6.14. The fraction of sp³-hybridized carbons (Fsp3) is 0.583. The van der Waals surface area contributed by atoms with Crippen molar-refractivity contribution in [2.75, 3.05) is 30.3 Å². The van der Waals surface area contributed by atoms with Gasteiger partial charge in [0.25, 0.3) is 0 Å². The van der Waals surface area contributed by atoms with E-state index >= 15 is 0 Å². The molecule has 0 saturated carbocycles. The Bertz CT molecular complexity index is 524. The molecule has 1 unspecified atom stereocenters. The quantitative estimate of drug-likeness (QED) is 0.763. The van der Waals surface area contributed by atoms with Crippen LogP contribution in [0.4, 0.5) is 0 Å². The van der Waals surface area contributed by atoms with Crippen LogP contribution in [-0.2, 0) is 9.84 Å². The Kier molecular flexibility index (Phi) is 4.70. The maximum absolute atomic E-state index is 12.0. The molecule has 1 saturated heterocycles. The van der Waals surface area contributed by atoms with Gasteiger partial charge >= 0.3 is 0 Å². The number of sulfone groups is 1. The monoisotopic (exact) mass is 303 g/mol. The minimum Gasteiger partial charge on any atom is -0.461 e. The topological polar surface area (TPSA) is 67.6 Å². The molecule has 1 aromatic rings. The molecule has 1 atom stereocenters. The van der Waals surface area contributed by atoms with Gasteiger partial charge in [0.2, 0.25) is 5.78 Å². The minimum absolute atomic E-state index is 0.0952. The van der Waals surface area contributed by atoms with Gasteiger partial charge in [-0.15, -0.1) is 0 Å². The third-order valence-electron chi connectivity index (χ3n) is 3.15. The smallest absolute Gasteiger partial charge is 0.211 e. The van der Waals surface area contributed by atoms with E-state index in [-0.39, 0.29) is 23.8 Å². The van der Waals surface area contributed by atoms with Crippen molar-refractivity contribution in [2.45, 2.75) is 12.3 Å². The van der Waals surface area contributed by atoms with Gasteiger partial charge in [-0.25, -0.2) is 8.42 Å². The molecule has 0 spiro atoms. The number of nitrogens with zero attached hydrogens (tertiary/aromatic N) is 1. The fourth-order valence-corrected chi connectivity index (χ4v) is 5.10. The van der Waals surface area contributed by atoms with Crippen molar-refractivity contribution in [2.24, 2.45) is 0 Å². The Balaban J connectivity index is 2.10. The van der Waals surface area contributed by atoms with E-state index in [0.717, 1.165) is 5.75 Å². The van der Waals surface area contributed by atoms with Crippen molar-refractivity contribution in [1.82, 2.24) is 4.90 Å². The molecule has 0 radical (unpaired) electrons. The number of Topliss-reactive ketones (excluding diaryl/α,β-unsaturated/α-hetero) is 1. The van der Waals surface area contributed by atoms with E-state index in [1.807, 2.05) is 0 Å². The molecule has 106 valence electrons. The number of ketones is 1. The van der Waals surface area contributed by atoms with Crippen molar-refractivity contribution in [3.8, 4) is 0 Å². The van der Waals surface area contributed by atoms with E-state index in [0.29, 0.717) is 12.3 Å². The zero-order valence-corrected chi connectivity index (χ0v) is 12.4. The molecule has 19 heavy (non-hydrogen) atoms. The zero-order chi connectivity index (χ0) is 13.9. The van der Waals surface area contributed by atoms with Crippen LogP contribution in [0.2, 0.25) is 0 Å². The lowest BCUT2D eigenvalue weighted by molar-refractivity contribution is 0.0901. The average molecular weight is 303 g/mol. The molecule has 1 aromatic heterocycles. The number of furan rings is 1. The summed E-state index contributed by atoms with van der Waals surface area (Å²) in [5, 5.41) is -0.560. The molecule has 1 fully saturated rings. The lowest BCUT2D eigenvalue weighted by atomic mass is 10.3. The second-order valence-corrected chi connectivity index (χ2v) is 7.95. The third kappa shape index (κ3) is 3.40. The van der Waals surface area contributed by atoms with Crippen LogP contribution in [0.25, 0.3) is 0 Å². The molecule has 5 nitrogen and oxygen atoms in total. The van der Waals surface area contributed by atoms with Gasteiger partial charge in [0.05, 0.1) is 12.8 Å². The van der Waals surface area contributed by atoms with Gasteiger partial charge in [0.1, 0.15) is 5.37 Å². The highest BCUT2D eigenvalue weighted by Crippen LogP contribution is 2.21. The molecule has 2 heterocycles. The largest absolute Gasteiger partial charge is 0.461 e. The molecule has 1 aliphatic rings. The summed E-state index contributed by atoms with van der Waals surface area (Å²) in [6.45, 7) is 2.35. The summed E-state index contributed by atoms with van der Waals surface area (Å²) in [5.41, 5.74) is 0. The number of thioether (sulfide) groups is 1. The first-order chi connectivity index (χ1) is 9.04. The molecule has 2 rings (SSSR count). The van der Waals surface area contributed by atoms with Gasteiger partial charge in [0.15, 0.2) is 15.6 Å². The second-order valence-electron chi connectivity index (χ2n) is 4.35. The number of carbonyl (C=O) groups excluding carboxylic acids is 1. The molecule has 0 amide bonds. The number of hydrogen-bond acceptors (Lipinski definition) is 6. The molecule has 1 aliphatic heterocycles. The van der Waals surface area contributed by atoms with E-state index in [2.05, 4.69) is 0 Å². The summed E-state index contributed by atoms with van der Waals surface area (Å²) >= 11 is 1.62. The van der Waals surface area contributed by atoms with Gasteiger partial charge in [-0.3, -0.25) is 9.69 Å². The normalized spacial score (nSPS) is 21.4. The Morgan fingerprint density at radius 2 is 2.37 bits per heavy atom. The van der Waals surface area contributed by atoms with Crippen LogP contribution in [0.15, 0.2) is 22.8 Å². The lowest BCUT2D eigenvalue weighted by Crippen LogP contribution is -2.49. The van der Waals surface area contributed by atoms with E-state index in [9.17, 15) is 13.2 Å². The molecule has 7 heteroatoms. The van der Waals surface area contributed by atoms with Crippen LogP contribution in [-0.4, -0.2) is 54.8 Å². The van der Waals surface area contributed by atoms with Gasteiger partial charge in [-0.1, -0.05) is 6.92 Å². The summed E-state index contributed by atoms with van der Waals surface area (Å²) in [4.78, 5) is 13.7. The highest BCUT2D eigenvalue weighted by molar-refractivity contribution is 8.01. The predicted molar refractivity (Wildman–Crippen MR) is 75.2 cm³/mol. The Morgan fingerprint density at radius 3 is 3.00 bits per heavy atom. The van der Waals surface area contributed by atoms with Crippen LogP contribution in [0.3, 0.4) is 0 Å². The lowest BCUT2D eigenvalue weighted by Gasteiger charge is -2.33. The highest BCUT2D eigenvalue weighted by atomic mass is 32.2. The zero-order valence-electron chi connectivity index (χ0n) is 10.7. The molecule has 0 aliphatic carbocycles. The van der Waals surface area contributed by atoms with Crippen molar-refractivity contribution in [1.29, 1.82) is 0 Å². The van der Waals surface area contributed by atoms with Crippen molar-refractivity contribution in [3.05, 3.63) is 24.2 Å². The SMILES string of the molecule is CCS(=O)(=O)C1CSCCN1CC(=O)c1ccco1. The van der Waals surface area contributed by atoms with Crippen LogP contribution >= 0.6 is 11.8 Å². The van der Waals surface area contributed by atoms with Gasteiger partial charge in [-0.2, -0.15) is 11.8 Å². The van der Waals surface area contributed by atoms with Gasteiger partial charge < -0.3 is 4.42 Å². The summed E-state index contributed by atoms with van der Waals surface area (Å²) < 4.78 is 29.1. The Labute approximate surface area is 117 Å². The molecular formula is C12H17NO4S2. The maximum Gasteiger partial charge on any atom is 0.211 e. The summed E-state index contributed by atoms with van der Waals surface area (Å²) in [6.07, 6.45) is 1.44. The van der Waals surface area contributed by atoms with Gasteiger partial charge in [0, 0.05) is 23.8 Å². The van der Waals surface area contributed by atoms with Gasteiger partial charge in [-0.05, 0) is 12.1 Å². The van der Waals surface area contributed by atoms with Crippen molar-refractivity contribution in [3.63, 3.8) is 0 Å². The first kappa shape index (κ1) is 14.6. The predicted octanol–water partition coefficient (Wildman–Crippen LogP) is 1.27. The molecule has 0 N–H and O–H groups in total. The van der Waals surface area contributed by atoms with E-state index in [1.165, 1.54) is 6.26 Å². The third-order valence-corrected chi connectivity index (χ3v) is 6.48. The summed E-state index contributed by atoms with van der Waals surface area (Å²) in [6, 6.07) is 3.25. The van der Waals surface area contributed by atoms with E-state index in [4.69, 9.17) is 4.42 Å². The number of carbonyl (C=O) groups is 1. The summed E-state index contributed by atoms with van der Waals surface area (Å²) in [7, 11) is -3.16. The highest BCUT2D eigenvalue weighted by Gasteiger charge is 2.34. The van der Waals surface area contributed by atoms with E-state index in [1.54, 1.807) is 35.7 Å². The van der Waals surface area contributed by atoms with Crippen LogP contribution in [0.5, 0.6) is 0 Å². The maximum atomic E-state index is 12.0. The van der Waals surface area contributed by atoms with Crippen LogP contribution in [0, 0.1) is 0 Å². The van der Waals surface area contributed by atoms with Crippen molar-refractivity contribution < 1.29 is 17.6 Å². The van der Waals surface area contributed by atoms with Crippen molar-refractivity contribution >= 4 is 27.4 Å². The second kappa shape index (κ2) is 6.11. The van der Waals surface area contributed by atoms with Crippen LogP contribution < -0.4 is 0 Å². The fourth-order valence-electron chi connectivity index (χ4n) is 2.02. The number of hydrogen-bond donors (Lipinski definition) is 0. The minimum atomic E-state index is -3.16. The van der Waals surface area contributed by atoms with E-state index < -0.39 is 15.2 Å². The number of rotatable bonds is 5. The summed E-state index contributed by atoms with van der Waals surface area (Å²) in [5.74, 6) is 1.59.